The van der Waals surface area contributed by atoms with E-state index in [1.54, 1.807) is 18.9 Å². The fraction of sp³-hybridized carbons (Fsp3) is 0.391. The third-order valence-corrected chi connectivity index (χ3v) is 5.27. The molecule has 0 aromatic heterocycles. The van der Waals surface area contributed by atoms with E-state index in [9.17, 15) is 9.59 Å². The van der Waals surface area contributed by atoms with Crippen molar-refractivity contribution in [3.05, 3.63) is 60.2 Å². The quantitative estimate of drug-likeness (QED) is 0.746. The van der Waals surface area contributed by atoms with Gasteiger partial charge in [0.05, 0.1) is 19.1 Å². The first-order chi connectivity index (χ1) is 14.1. The number of esters is 1. The van der Waals surface area contributed by atoms with E-state index in [-0.39, 0.29) is 12.0 Å². The van der Waals surface area contributed by atoms with E-state index in [4.69, 9.17) is 9.47 Å². The molecule has 29 heavy (non-hydrogen) atoms. The van der Waals surface area contributed by atoms with Crippen LogP contribution in [-0.2, 0) is 16.0 Å². The van der Waals surface area contributed by atoms with Crippen LogP contribution in [0.1, 0.15) is 25.3 Å². The lowest BCUT2D eigenvalue weighted by Crippen LogP contribution is -2.52. The molecule has 1 saturated heterocycles. The minimum absolute atomic E-state index is 0.199. The maximum atomic E-state index is 13.0. The molecule has 1 atom stereocenters. The number of rotatable bonds is 6. The van der Waals surface area contributed by atoms with E-state index < -0.39 is 5.41 Å². The van der Waals surface area contributed by atoms with Crippen molar-refractivity contribution in [1.29, 1.82) is 0 Å². The van der Waals surface area contributed by atoms with Gasteiger partial charge in [0.15, 0.2) is 0 Å². The summed E-state index contributed by atoms with van der Waals surface area (Å²) < 4.78 is 10.8. The largest absolute Gasteiger partial charge is 0.497 e. The molecule has 0 saturated carbocycles. The molecule has 6 nitrogen and oxygen atoms in total. The molecule has 1 fully saturated rings. The summed E-state index contributed by atoms with van der Waals surface area (Å²) in [5.74, 6) is 0.496. The van der Waals surface area contributed by atoms with Crippen molar-refractivity contribution in [2.45, 2.75) is 26.2 Å². The monoisotopic (exact) mass is 396 g/mol. The number of methoxy groups -OCH3 is 1. The molecule has 2 amide bonds. The van der Waals surface area contributed by atoms with E-state index in [2.05, 4.69) is 5.32 Å². The maximum absolute atomic E-state index is 13.0. The fourth-order valence-electron chi connectivity index (χ4n) is 3.87. The van der Waals surface area contributed by atoms with Crippen LogP contribution in [0.25, 0.3) is 0 Å². The molecule has 0 unspecified atom stereocenters. The molecule has 1 aliphatic rings. The van der Waals surface area contributed by atoms with E-state index in [1.807, 2.05) is 54.6 Å². The van der Waals surface area contributed by atoms with Crippen LogP contribution in [0.4, 0.5) is 10.5 Å². The average Bonchev–Trinajstić information content (AvgIpc) is 2.75. The number of hydrogen-bond acceptors (Lipinski definition) is 4. The number of amides is 2. The molecule has 2 aromatic rings. The summed E-state index contributed by atoms with van der Waals surface area (Å²) >= 11 is 0. The highest BCUT2D eigenvalue weighted by molar-refractivity contribution is 5.90. The van der Waals surface area contributed by atoms with Crippen LogP contribution in [0.15, 0.2) is 54.6 Å². The number of carbonyl (C=O) groups is 2. The average molecular weight is 396 g/mol. The van der Waals surface area contributed by atoms with Gasteiger partial charge in [0.1, 0.15) is 5.75 Å². The molecule has 0 aliphatic carbocycles. The lowest BCUT2D eigenvalue weighted by molar-refractivity contribution is -0.158. The molecule has 6 heteroatoms. The van der Waals surface area contributed by atoms with E-state index in [0.717, 1.165) is 23.4 Å². The third-order valence-electron chi connectivity index (χ3n) is 5.27. The molecule has 1 aliphatic heterocycles. The number of carbonyl (C=O) groups excluding carboxylic acids is 2. The van der Waals surface area contributed by atoms with Crippen LogP contribution >= 0.6 is 0 Å². The molecular formula is C23H28N2O4. The second-order valence-electron chi connectivity index (χ2n) is 7.35. The summed E-state index contributed by atoms with van der Waals surface area (Å²) in [7, 11) is 1.62. The van der Waals surface area contributed by atoms with Crippen molar-refractivity contribution in [3.8, 4) is 5.75 Å². The second kappa shape index (κ2) is 9.45. The topological polar surface area (TPSA) is 67.9 Å². The van der Waals surface area contributed by atoms with Crippen molar-refractivity contribution >= 4 is 17.7 Å². The molecule has 1 heterocycles. The molecule has 2 aromatic carbocycles. The van der Waals surface area contributed by atoms with E-state index >= 15 is 0 Å². The highest BCUT2D eigenvalue weighted by Crippen LogP contribution is 2.36. The van der Waals surface area contributed by atoms with Crippen LogP contribution < -0.4 is 10.1 Å². The Hall–Kier alpha value is -3.02. The summed E-state index contributed by atoms with van der Waals surface area (Å²) in [6, 6.07) is 16.8. The predicted octanol–water partition coefficient (Wildman–Crippen LogP) is 4.12. The number of para-hydroxylation sites is 1. The number of piperidine rings is 1. The van der Waals surface area contributed by atoms with Crippen LogP contribution in [0.5, 0.6) is 5.75 Å². The van der Waals surface area contributed by atoms with Gasteiger partial charge in [-0.05, 0) is 56.0 Å². The van der Waals surface area contributed by atoms with Gasteiger partial charge < -0.3 is 19.7 Å². The SMILES string of the molecule is CCOC(=O)[C@]1(Cc2cccc(OC)c2)CCCN(C(=O)Nc2ccccc2)C1. The standard InChI is InChI=1S/C23H28N2O4/c1-3-29-21(26)23(16-18-9-7-12-20(15-18)28-2)13-8-14-25(17-23)22(27)24-19-10-5-4-6-11-19/h4-7,9-12,15H,3,8,13-14,16-17H2,1-2H3,(H,24,27)/t23-/m0/s1. The van der Waals surface area contributed by atoms with Gasteiger partial charge in [-0.2, -0.15) is 0 Å². The summed E-state index contributed by atoms with van der Waals surface area (Å²) in [5.41, 5.74) is 0.953. The third kappa shape index (κ3) is 5.08. The number of benzene rings is 2. The van der Waals surface area contributed by atoms with Gasteiger partial charge in [0.2, 0.25) is 0 Å². The molecule has 0 bridgehead atoms. The highest BCUT2D eigenvalue weighted by Gasteiger charge is 2.44. The molecule has 0 radical (unpaired) electrons. The zero-order chi connectivity index (χ0) is 20.7. The van der Waals surface area contributed by atoms with Gasteiger partial charge in [-0.15, -0.1) is 0 Å². The Morgan fingerprint density at radius 3 is 2.66 bits per heavy atom. The lowest BCUT2D eigenvalue weighted by Gasteiger charge is -2.41. The first-order valence-corrected chi connectivity index (χ1v) is 9.97. The summed E-state index contributed by atoms with van der Waals surface area (Å²) in [4.78, 5) is 27.5. The van der Waals surface area contributed by atoms with Crippen LogP contribution in [0.2, 0.25) is 0 Å². The number of nitrogens with zero attached hydrogens (tertiary/aromatic N) is 1. The Bertz CT molecular complexity index is 840. The molecule has 154 valence electrons. The number of anilines is 1. The summed E-state index contributed by atoms with van der Waals surface area (Å²) in [6.45, 7) is 3.05. The number of likely N-dealkylation sites (tertiary alicyclic amines) is 1. The first kappa shape index (κ1) is 20.7. The molecule has 0 spiro atoms. The minimum atomic E-state index is -0.769. The van der Waals surface area contributed by atoms with Crippen molar-refractivity contribution in [3.63, 3.8) is 0 Å². The normalized spacial score (nSPS) is 18.8. The minimum Gasteiger partial charge on any atom is -0.497 e. The van der Waals surface area contributed by atoms with E-state index in [1.165, 1.54) is 0 Å². The Labute approximate surface area is 171 Å². The predicted molar refractivity (Wildman–Crippen MR) is 112 cm³/mol. The zero-order valence-corrected chi connectivity index (χ0v) is 17.0. The van der Waals surface area contributed by atoms with Crippen LogP contribution in [0.3, 0.4) is 0 Å². The Kier molecular flexibility index (Phi) is 6.75. The van der Waals surface area contributed by atoms with Crippen LogP contribution in [0, 0.1) is 5.41 Å². The van der Waals surface area contributed by atoms with Crippen molar-refractivity contribution in [2.75, 3.05) is 32.1 Å². The Morgan fingerprint density at radius 1 is 1.14 bits per heavy atom. The van der Waals surface area contributed by atoms with Gasteiger partial charge in [-0.1, -0.05) is 30.3 Å². The van der Waals surface area contributed by atoms with Gasteiger partial charge in [-0.3, -0.25) is 4.79 Å². The van der Waals surface area contributed by atoms with Gasteiger partial charge in [0.25, 0.3) is 0 Å². The summed E-state index contributed by atoms with van der Waals surface area (Å²) in [6.07, 6.45) is 1.92. The number of nitrogens with one attached hydrogen (secondary N) is 1. The smallest absolute Gasteiger partial charge is 0.321 e. The number of hydrogen-bond donors (Lipinski definition) is 1. The fourth-order valence-corrected chi connectivity index (χ4v) is 3.87. The molecule has 3 rings (SSSR count). The number of ether oxygens (including phenoxy) is 2. The van der Waals surface area contributed by atoms with Gasteiger partial charge >= 0.3 is 12.0 Å². The van der Waals surface area contributed by atoms with Gasteiger partial charge in [0, 0.05) is 18.8 Å². The Balaban J connectivity index is 1.81. The second-order valence-corrected chi connectivity index (χ2v) is 7.35. The highest BCUT2D eigenvalue weighted by atomic mass is 16.5. The molecule has 1 N–H and O–H groups in total. The first-order valence-electron chi connectivity index (χ1n) is 9.97. The number of urea groups is 1. The maximum Gasteiger partial charge on any atom is 0.321 e. The van der Waals surface area contributed by atoms with Crippen molar-refractivity contribution in [1.82, 2.24) is 4.90 Å². The van der Waals surface area contributed by atoms with Crippen molar-refractivity contribution < 1.29 is 19.1 Å². The van der Waals surface area contributed by atoms with Crippen LogP contribution in [-0.4, -0.2) is 43.7 Å². The summed E-state index contributed by atoms with van der Waals surface area (Å²) in [5, 5.41) is 2.92. The Morgan fingerprint density at radius 2 is 1.93 bits per heavy atom. The zero-order valence-electron chi connectivity index (χ0n) is 17.0. The molecular weight excluding hydrogens is 368 g/mol. The lowest BCUT2D eigenvalue weighted by atomic mass is 9.75. The van der Waals surface area contributed by atoms with Gasteiger partial charge in [-0.25, -0.2) is 4.79 Å². The van der Waals surface area contributed by atoms with Crippen molar-refractivity contribution in [2.24, 2.45) is 5.41 Å². The van der Waals surface area contributed by atoms with E-state index in [0.29, 0.717) is 32.5 Å².